The summed E-state index contributed by atoms with van der Waals surface area (Å²) in [5.41, 5.74) is 4.50. The fourth-order valence-electron chi connectivity index (χ4n) is 1.18. The molecule has 0 amide bonds. The Morgan fingerprint density at radius 2 is 2.08 bits per heavy atom. The van der Waals surface area contributed by atoms with Crippen LogP contribution in [0.4, 0.5) is 0 Å². The van der Waals surface area contributed by atoms with Crippen molar-refractivity contribution in [2.75, 3.05) is 33.5 Å². The molecule has 0 aliphatic rings. The molecule has 4 nitrogen and oxygen atoms in total. The van der Waals surface area contributed by atoms with Crippen molar-refractivity contribution in [3.63, 3.8) is 0 Å². The molecule has 0 aliphatic carbocycles. The monoisotopic (exact) mass is 191 g/mol. The highest BCUT2D eigenvalue weighted by molar-refractivity contribution is 4.77. The lowest BCUT2D eigenvalue weighted by molar-refractivity contribution is -0.0901. The van der Waals surface area contributed by atoms with Gasteiger partial charge in [-0.3, -0.25) is 0 Å². The molecule has 0 radical (unpaired) electrons. The summed E-state index contributed by atoms with van der Waals surface area (Å²) in [6.07, 6.45) is 1.41. The van der Waals surface area contributed by atoms with Crippen LogP contribution in [0.5, 0.6) is 0 Å². The number of hydrogen-bond donors (Lipinski definition) is 2. The summed E-state index contributed by atoms with van der Waals surface area (Å²) in [5, 5.41) is 9.97. The first-order chi connectivity index (χ1) is 6.18. The first-order valence-corrected chi connectivity index (χ1v) is 4.67. The normalized spacial score (nSPS) is 15.7. The summed E-state index contributed by atoms with van der Waals surface area (Å²) in [7, 11) is 1.57. The Labute approximate surface area is 80.0 Å². The van der Waals surface area contributed by atoms with Gasteiger partial charge >= 0.3 is 0 Å². The van der Waals surface area contributed by atoms with E-state index in [-0.39, 0.29) is 0 Å². The lowest BCUT2D eigenvalue weighted by atomic mass is 10.00. The van der Waals surface area contributed by atoms with Crippen molar-refractivity contribution in [3.05, 3.63) is 0 Å². The zero-order valence-corrected chi connectivity index (χ0v) is 8.58. The largest absolute Gasteiger partial charge is 0.385 e. The maximum absolute atomic E-state index is 9.97. The van der Waals surface area contributed by atoms with Crippen molar-refractivity contribution in [2.24, 2.45) is 5.73 Å². The molecule has 0 fully saturated rings. The average Bonchev–Trinajstić information content (AvgIpc) is 2.12. The quantitative estimate of drug-likeness (QED) is 0.573. The van der Waals surface area contributed by atoms with Crippen LogP contribution in [0.2, 0.25) is 0 Å². The van der Waals surface area contributed by atoms with E-state index in [0.29, 0.717) is 32.8 Å². The fourth-order valence-corrected chi connectivity index (χ4v) is 1.18. The van der Waals surface area contributed by atoms with Gasteiger partial charge in [0.25, 0.3) is 0 Å². The molecule has 0 spiro atoms. The van der Waals surface area contributed by atoms with Crippen LogP contribution in [0.25, 0.3) is 0 Å². The molecule has 80 valence electrons. The Kier molecular flexibility index (Phi) is 7.17. The molecular weight excluding hydrogens is 170 g/mol. The van der Waals surface area contributed by atoms with E-state index in [0.717, 1.165) is 6.42 Å². The van der Waals surface area contributed by atoms with E-state index in [1.165, 1.54) is 0 Å². The predicted octanol–water partition coefficient (Wildman–Crippen LogP) is 0.139. The Balaban J connectivity index is 3.84. The van der Waals surface area contributed by atoms with Crippen LogP contribution in [0.1, 0.15) is 19.8 Å². The topological polar surface area (TPSA) is 64.7 Å². The minimum atomic E-state index is -0.871. The molecule has 1 unspecified atom stereocenters. The number of hydrogen-bond acceptors (Lipinski definition) is 4. The average molecular weight is 191 g/mol. The van der Waals surface area contributed by atoms with Gasteiger partial charge in [0.15, 0.2) is 0 Å². The molecule has 0 aromatic rings. The zero-order chi connectivity index (χ0) is 10.2. The van der Waals surface area contributed by atoms with Crippen molar-refractivity contribution in [3.8, 4) is 0 Å². The molecule has 4 heteroatoms. The summed E-state index contributed by atoms with van der Waals surface area (Å²) in [6, 6.07) is 0. The van der Waals surface area contributed by atoms with E-state index in [2.05, 4.69) is 0 Å². The second-order valence-electron chi connectivity index (χ2n) is 3.19. The second-order valence-corrected chi connectivity index (χ2v) is 3.19. The number of aliphatic hydroxyl groups is 1. The van der Waals surface area contributed by atoms with Crippen molar-refractivity contribution in [1.29, 1.82) is 0 Å². The van der Waals surface area contributed by atoms with Crippen LogP contribution >= 0.6 is 0 Å². The molecular formula is C9H21NO3. The van der Waals surface area contributed by atoms with Crippen LogP contribution in [-0.4, -0.2) is 44.2 Å². The highest BCUT2D eigenvalue weighted by Gasteiger charge is 2.26. The maximum atomic E-state index is 9.97. The van der Waals surface area contributed by atoms with Crippen LogP contribution in [0.15, 0.2) is 0 Å². The van der Waals surface area contributed by atoms with Gasteiger partial charge in [0, 0.05) is 13.7 Å². The van der Waals surface area contributed by atoms with E-state index in [4.69, 9.17) is 15.2 Å². The van der Waals surface area contributed by atoms with Crippen molar-refractivity contribution in [1.82, 2.24) is 0 Å². The summed E-state index contributed by atoms with van der Waals surface area (Å²) in [6.45, 7) is 3.70. The van der Waals surface area contributed by atoms with Gasteiger partial charge in [-0.05, 0) is 26.3 Å². The minimum absolute atomic E-state index is 0.299. The zero-order valence-electron chi connectivity index (χ0n) is 8.58. The molecule has 3 N–H and O–H groups in total. The van der Waals surface area contributed by atoms with Crippen molar-refractivity contribution >= 4 is 0 Å². The fraction of sp³-hybridized carbons (Fsp3) is 1.00. The SMILES string of the molecule is CCOCC(O)(CCCN)COC. The molecule has 0 aromatic carbocycles. The van der Waals surface area contributed by atoms with E-state index in [9.17, 15) is 5.11 Å². The van der Waals surface area contributed by atoms with Crippen LogP contribution in [0.3, 0.4) is 0 Å². The van der Waals surface area contributed by atoms with Gasteiger partial charge in [-0.25, -0.2) is 0 Å². The first kappa shape index (κ1) is 12.8. The van der Waals surface area contributed by atoms with E-state index >= 15 is 0 Å². The molecule has 0 rings (SSSR count). The highest BCUT2D eigenvalue weighted by atomic mass is 16.5. The Bertz CT molecular complexity index is 111. The Hall–Kier alpha value is -0.160. The molecule has 0 bridgehead atoms. The standard InChI is InChI=1S/C9H21NO3/c1-3-13-8-9(11,7-12-2)5-4-6-10/h11H,3-8,10H2,1-2H3. The number of methoxy groups -OCH3 is 1. The van der Waals surface area contributed by atoms with Gasteiger partial charge in [-0.2, -0.15) is 0 Å². The van der Waals surface area contributed by atoms with Gasteiger partial charge in [-0.15, -0.1) is 0 Å². The molecule has 13 heavy (non-hydrogen) atoms. The third kappa shape index (κ3) is 5.99. The van der Waals surface area contributed by atoms with E-state index in [1.807, 2.05) is 6.92 Å². The summed E-state index contributed by atoms with van der Waals surface area (Å²) in [4.78, 5) is 0. The smallest absolute Gasteiger partial charge is 0.111 e. The Morgan fingerprint density at radius 1 is 1.38 bits per heavy atom. The third-order valence-corrected chi connectivity index (χ3v) is 1.83. The molecule has 0 saturated carbocycles. The highest BCUT2D eigenvalue weighted by Crippen LogP contribution is 2.13. The first-order valence-electron chi connectivity index (χ1n) is 4.67. The van der Waals surface area contributed by atoms with Gasteiger partial charge in [0.1, 0.15) is 5.60 Å². The van der Waals surface area contributed by atoms with Crippen LogP contribution in [-0.2, 0) is 9.47 Å². The van der Waals surface area contributed by atoms with Crippen LogP contribution < -0.4 is 5.73 Å². The third-order valence-electron chi connectivity index (χ3n) is 1.83. The molecule has 0 heterocycles. The van der Waals surface area contributed by atoms with Crippen molar-refractivity contribution in [2.45, 2.75) is 25.4 Å². The maximum Gasteiger partial charge on any atom is 0.111 e. The van der Waals surface area contributed by atoms with E-state index < -0.39 is 5.60 Å². The minimum Gasteiger partial charge on any atom is -0.385 e. The van der Waals surface area contributed by atoms with Gasteiger partial charge < -0.3 is 20.3 Å². The van der Waals surface area contributed by atoms with Crippen molar-refractivity contribution < 1.29 is 14.6 Å². The lowest BCUT2D eigenvalue weighted by Crippen LogP contribution is -2.39. The Morgan fingerprint density at radius 3 is 2.54 bits per heavy atom. The van der Waals surface area contributed by atoms with Gasteiger partial charge in [0.05, 0.1) is 13.2 Å². The molecule has 1 atom stereocenters. The lowest BCUT2D eigenvalue weighted by Gasteiger charge is -2.26. The summed E-state index contributed by atoms with van der Waals surface area (Å²) in [5.74, 6) is 0. The van der Waals surface area contributed by atoms with Crippen LogP contribution in [0, 0.1) is 0 Å². The molecule has 0 aromatic heterocycles. The molecule has 0 saturated heterocycles. The number of nitrogens with two attached hydrogens (primary N) is 1. The number of rotatable bonds is 8. The summed E-state index contributed by atoms with van der Waals surface area (Å²) < 4.78 is 10.1. The van der Waals surface area contributed by atoms with Gasteiger partial charge in [0.2, 0.25) is 0 Å². The second kappa shape index (κ2) is 7.26. The van der Waals surface area contributed by atoms with E-state index in [1.54, 1.807) is 7.11 Å². The number of ether oxygens (including phenoxy) is 2. The molecule has 0 aliphatic heterocycles. The predicted molar refractivity (Wildman–Crippen MR) is 51.6 cm³/mol. The summed E-state index contributed by atoms with van der Waals surface area (Å²) >= 11 is 0. The van der Waals surface area contributed by atoms with Gasteiger partial charge in [-0.1, -0.05) is 0 Å².